The van der Waals surface area contributed by atoms with E-state index in [0.717, 1.165) is 5.69 Å². The molecular formula is C29H30ClN5O4. The number of para-hydroxylation sites is 3. The number of rotatable bonds is 6. The van der Waals surface area contributed by atoms with E-state index in [1.807, 2.05) is 42.5 Å². The van der Waals surface area contributed by atoms with Gasteiger partial charge in [0.25, 0.3) is 5.91 Å². The van der Waals surface area contributed by atoms with Crippen molar-refractivity contribution in [3.05, 3.63) is 83.9 Å². The van der Waals surface area contributed by atoms with Crippen molar-refractivity contribution in [1.29, 1.82) is 0 Å². The van der Waals surface area contributed by atoms with Gasteiger partial charge in [0.2, 0.25) is 5.91 Å². The maximum absolute atomic E-state index is 13.9. The second-order valence-electron chi connectivity index (χ2n) is 9.62. The first kappa shape index (κ1) is 26.4. The highest BCUT2D eigenvalue weighted by molar-refractivity contribution is 6.30. The number of anilines is 3. The standard InChI is InChI=1S/C29H30ClN5O4/c1-39-25-13-6-5-12-24(25)32-28(38)33-16-14-29(15-17-33)27(37)34(20-35(29)23-10-3-2-4-11-23)19-26(36)31-22-9-7-8-21(30)18-22/h2-13,18H,14-17,19-20H2,1H3,(H,31,36)(H,32,38). The third-order valence-corrected chi connectivity index (χ3v) is 7.49. The molecule has 0 bridgehead atoms. The number of halogens is 1. The molecule has 3 aromatic carbocycles. The van der Waals surface area contributed by atoms with Gasteiger partial charge in [-0.1, -0.05) is 48.0 Å². The van der Waals surface area contributed by atoms with Crippen molar-refractivity contribution in [2.45, 2.75) is 18.4 Å². The van der Waals surface area contributed by atoms with Crippen LogP contribution in [0.5, 0.6) is 5.75 Å². The normalized spacial score (nSPS) is 16.4. The van der Waals surface area contributed by atoms with Crippen molar-refractivity contribution in [2.75, 3.05) is 48.9 Å². The molecular weight excluding hydrogens is 518 g/mol. The fraction of sp³-hybridized carbons (Fsp3) is 0.276. The first-order valence-electron chi connectivity index (χ1n) is 12.8. The van der Waals surface area contributed by atoms with E-state index in [9.17, 15) is 14.4 Å². The molecule has 3 aromatic rings. The zero-order valence-electron chi connectivity index (χ0n) is 21.6. The third-order valence-electron chi connectivity index (χ3n) is 7.25. The van der Waals surface area contributed by atoms with E-state index in [-0.39, 0.29) is 31.1 Å². The zero-order chi connectivity index (χ0) is 27.4. The Morgan fingerprint density at radius 2 is 1.67 bits per heavy atom. The Kier molecular flexibility index (Phi) is 7.60. The van der Waals surface area contributed by atoms with Gasteiger partial charge >= 0.3 is 6.03 Å². The second-order valence-corrected chi connectivity index (χ2v) is 10.1. The molecule has 0 atom stereocenters. The average Bonchev–Trinajstić information content (AvgIpc) is 3.20. The summed E-state index contributed by atoms with van der Waals surface area (Å²) in [5, 5.41) is 6.26. The summed E-state index contributed by atoms with van der Waals surface area (Å²) in [6, 6.07) is 23.6. The van der Waals surface area contributed by atoms with Crippen LogP contribution in [-0.2, 0) is 9.59 Å². The first-order valence-corrected chi connectivity index (χ1v) is 13.1. The molecule has 9 nitrogen and oxygen atoms in total. The number of piperidine rings is 1. The lowest BCUT2D eigenvalue weighted by molar-refractivity contribution is -0.136. The molecule has 1 spiro atoms. The van der Waals surface area contributed by atoms with Gasteiger partial charge in [-0.05, 0) is 55.3 Å². The third kappa shape index (κ3) is 5.49. The van der Waals surface area contributed by atoms with E-state index in [0.29, 0.717) is 48.1 Å². The summed E-state index contributed by atoms with van der Waals surface area (Å²) in [6.07, 6.45) is 0.874. The Morgan fingerprint density at radius 1 is 0.949 bits per heavy atom. The van der Waals surface area contributed by atoms with Crippen LogP contribution in [0.1, 0.15) is 12.8 Å². The molecule has 2 aliphatic heterocycles. The number of nitrogens with one attached hydrogen (secondary N) is 2. The van der Waals surface area contributed by atoms with Crippen LogP contribution in [0.2, 0.25) is 5.02 Å². The van der Waals surface area contributed by atoms with Gasteiger partial charge in [-0.25, -0.2) is 4.79 Å². The maximum Gasteiger partial charge on any atom is 0.321 e. The van der Waals surface area contributed by atoms with Crippen molar-refractivity contribution in [2.24, 2.45) is 0 Å². The molecule has 0 aliphatic carbocycles. The number of nitrogens with zero attached hydrogens (tertiary/aromatic N) is 3. The molecule has 0 aromatic heterocycles. The van der Waals surface area contributed by atoms with Crippen LogP contribution < -0.4 is 20.3 Å². The maximum atomic E-state index is 13.9. The number of methoxy groups -OCH3 is 1. The highest BCUT2D eigenvalue weighted by Crippen LogP contribution is 2.39. The predicted octanol–water partition coefficient (Wildman–Crippen LogP) is 4.66. The number of ether oxygens (including phenoxy) is 1. The minimum atomic E-state index is -0.848. The van der Waals surface area contributed by atoms with Gasteiger partial charge in [0, 0.05) is 29.5 Å². The second kappa shape index (κ2) is 11.2. The largest absolute Gasteiger partial charge is 0.495 e. The Balaban J connectivity index is 1.31. The summed E-state index contributed by atoms with van der Waals surface area (Å²) in [5.74, 6) is 0.161. The SMILES string of the molecule is COc1ccccc1NC(=O)N1CCC2(CC1)C(=O)N(CC(=O)Nc1cccc(Cl)c1)CN2c1ccccc1. The summed E-state index contributed by atoms with van der Waals surface area (Å²) in [6.45, 7) is 0.963. The highest BCUT2D eigenvalue weighted by atomic mass is 35.5. The quantitative estimate of drug-likeness (QED) is 0.468. The van der Waals surface area contributed by atoms with Gasteiger partial charge < -0.3 is 30.1 Å². The molecule has 2 heterocycles. The lowest BCUT2D eigenvalue weighted by atomic mass is 9.85. The molecule has 0 unspecified atom stereocenters. The van der Waals surface area contributed by atoms with E-state index in [1.54, 1.807) is 53.3 Å². The topological polar surface area (TPSA) is 94.2 Å². The molecule has 2 saturated heterocycles. The Hall–Kier alpha value is -4.24. The smallest absolute Gasteiger partial charge is 0.321 e. The van der Waals surface area contributed by atoms with E-state index < -0.39 is 5.54 Å². The van der Waals surface area contributed by atoms with Crippen molar-refractivity contribution in [3.63, 3.8) is 0 Å². The fourth-order valence-corrected chi connectivity index (χ4v) is 5.47. The monoisotopic (exact) mass is 547 g/mol. The van der Waals surface area contributed by atoms with E-state index in [1.165, 1.54) is 0 Å². The summed E-state index contributed by atoms with van der Waals surface area (Å²) in [7, 11) is 1.56. The van der Waals surface area contributed by atoms with Crippen molar-refractivity contribution < 1.29 is 19.1 Å². The van der Waals surface area contributed by atoms with Crippen LogP contribution in [0, 0.1) is 0 Å². The van der Waals surface area contributed by atoms with Crippen molar-refractivity contribution in [3.8, 4) is 5.75 Å². The number of carbonyl (C=O) groups is 3. The van der Waals surface area contributed by atoms with E-state index in [2.05, 4.69) is 15.5 Å². The molecule has 0 saturated carbocycles. The van der Waals surface area contributed by atoms with Crippen LogP contribution >= 0.6 is 11.6 Å². The number of amides is 4. The predicted molar refractivity (Wildman–Crippen MR) is 151 cm³/mol. The highest BCUT2D eigenvalue weighted by Gasteiger charge is 2.54. The van der Waals surface area contributed by atoms with Gasteiger partial charge in [0.05, 0.1) is 19.5 Å². The van der Waals surface area contributed by atoms with Crippen molar-refractivity contribution >= 4 is 46.5 Å². The first-order chi connectivity index (χ1) is 18.9. The van der Waals surface area contributed by atoms with Crippen molar-refractivity contribution in [1.82, 2.24) is 9.80 Å². The van der Waals surface area contributed by atoms with Crippen LogP contribution in [-0.4, -0.2) is 66.6 Å². The van der Waals surface area contributed by atoms with Gasteiger partial charge in [-0.3, -0.25) is 9.59 Å². The molecule has 2 aliphatic rings. The lowest BCUT2D eigenvalue weighted by Gasteiger charge is -2.43. The van der Waals surface area contributed by atoms with Gasteiger partial charge in [0.15, 0.2) is 0 Å². The Labute approximate surface area is 232 Å². The van der Waals surface area contributed by atoms with Crippen LogP contribution in [0.25, 0.3) is 0 Å². The Bertz CT molecular complexity index is 1360. The minimum absolute atomic E-state index is 0.0889. The number of carbonyl (C=O) groups excluding carboxylic acids is 3. The van der Waals surface area contributed by atoms with Gasteiger partial charge in [0.1, 0.15) is 17.8 Å². The van der Waals surface area contributed by atoms with Crippen LogP contribution in [0.15, 0.2) is 78.9 Å². The summed E-state index contributed by atoms with van der Waals surface area (Å²) in [4.78, 5) is 45.2. The van der Waals surface area contributed by atoms with Gasteiger partial charge in [-0.15, -0.1) is 0 Å². The zero-order valence-corrected chi connectivity index (χ0v) is 22.4. The molecule has 0 radical (unpaired) electrons. The number of benzene rings is 3. The van der Waals surface area contributed by atoms with E-state index >= 15 is 0 Å². The molecule has 4 amide bonds. The summed E-state index contributed by atoms with van der Waals surface area (Å²) >= 11 is 6.04. The summed E-state index contributed by atoms with van der Waals surface area (Å²) in [5.41, 5.74) is 1.21. The molecule has 5 rings (SSSR count). The summed E-state index contributed by atoms with van der Waals surface area (Å²) < 4.78 is 5.34. The average molecular weight is 548 g/mol. The number of hydrogen-bond acceptors (Lipinski definition) is 5. The van der Waals surface area contributed by atoms with Crippen LogP contribution in [0.3, 0.4) is 0 Å². The molecule has 202 valence electrons. The Morgan fingerprint density at radius 3 is 2.38 bits per heavy atom. The number of likely N-dealkylation sites (tertiary alicyclic amines) is 1. The molecule has 2 fully saturated rings. The van der Waals surface area contributed by atoms with Gasteiger partial charge in [-0.2, -0.15) is 0 Å². The number of urea groups is 1. The molecule has 2 N–H and O–H groups in total. The van der Waals surface area contributed by atoms with Crippen LogP contribution in [0.4, 0.5) is 21.9 Å². The minimum Gasteiger partial charge on any atom is -0.495 e. The molecule has 10 heteroatoms. The lowest BCUT2D eigenvalue weighted by Crippen LogP contribution is -2.58. The molecule has 39 heavy (non-hydrogen) atoms. The van der Waals surface area contributed by atoms with E-state index in [4.69, 9.17) is 16.3 Å². The number of hydrogen-bond donors (Lipinski definition) is 2. The fourth-order valence-electron chi connectivity index (χ4n) is 5.28.